The summed E-state index contributed by atoms with van der Waals surface area (Å²) in [5, 5.41) is 0. The third kappa shape index (κ3) is 2.85. The molecule has 1 saturated carbocycles. The molecule has 2 aliphatic rings. The monoisotopic (exact) mass is 274 g/mol. The van der Waals surface area contributed by atoms with E-state index in [1.54, 1.807) is 13.8 Å². The van der Waals surface area contributed by atoms with Crippen molar-refractivity contribution in [2.75, 3.05) is 13.2 Å². The fraction of sp³-hybridized carbons (Fsp3) is 0.750. The van der Waals surface area contributed by atoms with Crippen LogP contribution in [0.15, 0.2) is 12.2 Å². The highest BCUT2D eigenvalue weighted by Gasteiger charge is 2.43. The molecular formula is C12H19O5P. The molecule has 2 rings (SSSR count). The van der Waals surface area contributed by atoms with Crippen molar-refractivity contribution >= 4 is 13.8 Å². The first-order valence-corrected chi connectivity index (χ1v) is 7.85. The van der Waals surface area contributed by atoms with E-state index in [9.17, 15) is 9.36 Å². The quantitative estimate of drug-likeness (QED) is 0.550. The molecule has 0 aromatic rings. The first kappa shape index (κ1) is 13.8. The van der Waals surface area contributed by atoms with E-state index < -0.39 is 13.8 Å². The molecule has 0 aromatic carbocycles. The van der Waals surface area contributed by atoms with Gasteiger partial charge in [0.2, 0.25) is 0 Å². The van der Waals surface area contributed by atoms with Crippen molar-refractivity contribution < 1.29 is 22.9 Å². The smallest absolute Gasteiger partial charge is 0.370 e. The Morgan fingerprint density at radius 3 is 2.33 bits per heavy atom. The summed E-state index contributed by atoms with van der Waals surface area (Å²) in [6.07, 6.45) is 5.96. The number of phosphoric acid groups is 1. The molecule has 0 heterocycles. The van der Waals surface area contributed by atoms with Crippen molar-refractivity contribution in [3.8, 4) is 0 Å². The van der Waals surface area contributed by atoms with Crippen molar-refractivity contribution in [2.45, 2.75) is 26.7 Å². The van der Waals surface area contributed by atoms with Gasteiger partial charge in [-0.05, 0) is 38.5 Å². The van der Waals surface area contributed by atoms with E-state index in [0.717, 1.165) is 12.8 Å². The molecule has 0 amide bonds. The highest BCUT2D eigenvalue weighted by Crippen LogP contribution is 2.52. The molecular weight excluding hydrogens is 255 g/mol. The molecule has 0 radical (unpaired) electrons. The van der Waals surface area contributed by atoms with Gasteiger partial charge in [0.1, 0.15) is 0 Å². The molecule has 0 N–H and O–H groups in total. The summed E-state index contributed by atoms with van der Waals surface area (Å²) in [6, 6.07) is 0. The van der Waals surface area contributed by atoms with Crippen LogP contribution in [-0.4, -0.2) is 19.2 Å². The van der Waals surface area contributed by atoms with E-state index in [2.05, 4.69) is 6.08 Å². The molecule has 3 unspecified atom stereocenters. The molecule has 0 aromatic heterocycles. The topological polar surface area (TPSA) is 61.8 Å². The second-order valence-corrected chi connectivity index (χ2v) is 6.17. The lowest BCUT2D eigenvalue weighted by molar-refractivity contribution is -0.141. The average molecular weight is 274 g/mol. The van der Waals surface area contributed by atoms with E-state index in [4.69, 9.17) is 13.6 Å². The van der Waals surface area contributed by atoms with Crippen LogP contribution < -0.4 is 0 Å². The van der Waals surface area contributed by atoms with Crippen LogP contribution in [0.2, 0.25) is 0 Å². The SMILES string of the molecule is CCOP(=O)(OCC)OC(=O)C1CC2C=CC1C2. The van der Waals surface area contributed by atoms with E-state index in [0.29, 0.717) is 5.92 Å². The van der Waals surface area contributed by atoms with Crippen molar-refractivity contribution in [1.29, 1.82) is 0 Å². The van der Waals surface area contributed by atoms with Gasteiger partial charge in [-0.2, -0.15) is 0 Å². The zero-order valence-corrected chi connectivity index (χ0v) is 11.6. The van der Waals surface area contributed by atoms with E-state index in [1.165, 1.54) is 0 Å². The van der Waals surface area contributed by atoms with Crippen LogP contribution in [0, 0.1) is 17.8 Å². The minimum absolute atomic E-state index is 0.182. The number of carbonyl (C=O) groups excluding carboxylic acids is 1. The molecule has 0 spiro atoms. The zero-order chi connectivity index (χ0) is 13.2. The lowest BCUT2D eigenvalue weighted by Crippen LogP contribution is -2.21. The number of rotatable bonds is 6. The second-order valence-electron chi connectivity index (χ2n) is 4.58. The van der Waals surface area contributed by atoms with Gasteiger partial charge >= 0.3 is 13.8 Å². The Kier molecular flexibility index (Phi) is 4.25. The summed E-state index contributed by atoms with van der Waals surface area (Å²) < 4.78 is 27.0. The van der Waals surface area contributed by atoms with Crippen LogP contribution in [0.1, 0.15) is 26.7 Å². The maximum atomic E-state index is 12.1. The number of hydrogen-bond acceptors (Lipinski definition) is 5. The fourth-order valence-corrected chi connectivity index (χ4v) is 3.80. The normalized spacial score (nSPS) is 29.8. The van der Waals surface area contributed by atoms with Gasteiger partial charge in [0.25, 0.3) is 0 Å². The van der Waals surface area contributed by atoms with Gasteiger partial charge in [0.15, 0.2) is 0 Å². The fourth-order valence-electron chi connectivity index (χ4n) is 2.64. The van der Waals surface area contributed by atoms with E-state index in [-0.39, 0.29) is 25.0 Å². The number of phosphoric ester groups is 1. The maximum absolute atomic E-state index is 12.1. The lowest BCUT2D eigenvalue weighted by atomic mass is 9.94. The summed E-state index contributed by atoms with van der Waals surface area (Å²) in [5.41, 5.74) is 0. The van der Waals surface area contributed by atoms with Crippen LogP contribution in [0.25, 0.3) is 0 Å². The third-order valence-electron chi connectivity index (χ3n) is 3.36. The maximum Gasteiger partial charge on any atom is 0.532 e. The van der Waals surface area contributed by atoms with Crippen LogP contribution in [-0.2, 0) is 22.9 Å². The Morgan fingerprint density at radius 1 is 1.22 bits per heavy atom. The number of carbonyl (C=O) groups is 1. The van der Waals surface area contributed by atoms with E-state index in [1.807, 2.05) is 6.08 Å². The summed E-state index contributed by atoms with van der Waals surface area (Å²) in [4.78, 5) is 12.0. The van der Waals surface area contributed by atoms with Crippen LogP contribution in [0.5, 0.6) is 0 Å². The minimum atomic E-state index is -3.72. The predicted molar refractivity (Wildman–Crippen MR) is 65.8 cm³/mol. The van der Waals surface area contributed by atoms with Crippen molar-refractivity contribution in [1.82, 2.24) is 0 Å². The molecule has 2 aliphatic carbocycles. The number of hydrogen-bond donors (Lipinski definition) is 0. The largest absolute Gasteiger partial charge is 0.532 e. The molecule has 102 valence electrons. The van der Waals surface area contributed by atoms with E-state index >= 15 is 0 Å². The predicted octanol–water partition coefficient (Wildman–Crippen LogP) is 2.92. The van der Waals surface area contributed by atoms with Crippen LogP contribution in [0.3, 0.4) is 0 Å². The van der Waals surface area contributed by atoms with Gasteiger partial charge in [-0.15, -0.1) is 0 Å². The highest BCUT2D eigenvalue weighted by atomic mass is 31.2. The van der Waals surface area contributed by atoms with Gasteiger partial charge < -0.3 is 4.52 Å². The minimum Gasteiger partial charge on any atom is -0.370 e. The Hall–Kier alpha value is -0.640. The Labute approximate surface area is 107 Å². The lowest BCUT2D eigenvalue weighted by Gasteiger charge is -2.20. The standard InChI is InChI=1S/C12H19O5P/c1-3-15-18(14,16-4-2)17-12(13)11-8-9-5-6-10(11)7-9/h5-6,9-11H,3-4,7-8H2,1-2H3. The zero-order valence-electron chi connectivity index (χ0n) is 10.7. The number of fused-ring (bicyclic) bond motifs is 2. The van der Waals surface area contributed by atoms with Gasteiger partial charge in [0.05, 0.1) is 19.1 Å². The molecule has 0 aliphatic heterocycles. The third-order valence-corrected chi connectivity index (χ3v) is 4.91. The molecule has 5 nitrogen and oxygen atoms in total. The highest BCUT2D eigenvalue weighted by molar-refractivity contribution is 7.49. The molecule has 18 heavy (non-hydrogen) atoms. The second kappa shape index (κ2) is 5.55. The van der Waals surface area contributed by atoms with Crippen molar-refractivity contribution in [3.05, 3.63) is 12.2 Å². The number of allylic oxidation sites excluding steroid dienone is 2. The first-order valence-electron chi connectivity index (χ1n) is 6.39. The van der Waals surface area contributed by atoms with Crippen LogP contribution in [0.4, 0.5) is 0 Å². The molecule has 0 saturated heterocycles. The Bertz CT molecular complexity index is 382. The van der Waals surface area contributed by atoms with Crippen molar-refractivity contribution in [2.24, 2.45) is 17.8 Å². The van der Waals surface area contributed by atoms with Crippen molar-refractivity contribution in [3.63, 3.8) is 0 Å². The molecule has 2 bridgehead atoms. The Balaban J connectivity index is 1.97. The average Bonchev–Trinajstić information content (AvgIpc) is 2.90. The molecule has 1 fully saturated rings. The Morgan fingerprint density at radius 2 is 1.89 bits per heavy atom. The van der Waals surface area contributed by atoms with Crippen LogP contribution >= 0.6 is 7.82 Å². The molecule has 3 atom stereocenters. The summed E-state index contributed by atoms with van der Waals surface area (Å²) in [5.74, 6) is 0.0247. The van der Waals surface area contributed by atoms with Gasteiger partial charge in [-0.3, -0.25) is 13.8 Å². The summed E-state index contributed by atoms with van der Waals surface area (Å²) in [6.45, 7) is 3.72. The van der Waals surface area contributed by atoms with Gasteiger partial charge in [-0.25, -0.2) is 4.57 Å². The first-order chi connectivity index (χ1) is 8.58. The van der Waals surface area contributed by atoms with Gasteiger partial charge in [-0.1, -0.05) is 12.2 Å². The molecule has 6 heteroatoms. The summed E-state index contributed by atoms with van der Waals surface area (Å²) in [7, 11) is -3.72. The van der Waals surface area contributed by atoms with Gasteiger partial charge in [0, 0.05) is 0 Å². The summed E-state index contributed by atoms with van der Waals surface area (Å²) >= 11 is 0.